The van der Waals surface area contributed by atoms with Crippen LogP contribution in [0.2, 0.25) is 0 Å². The average molecular weight is 295 g/mol. The molecule has 20 heavy (non-hydrogen) atoms. The molecule has 2 aromatic carbocycles. The number of rotatable bonds is 0. The quantitative estimate of drug-likeness (QED) is 0.368. The predicted molar refractivity (Wildman–Crippen MR) is 69.3 cm³/mol. The van der Waals surface area contributed by atoms with Crippen LogP contribution < -0.4 is 4.72 Å². The second-order valence-electron chi connectivity index (χ2n) is 4.33. The summed E-state index contributed by atoms with van der Waals surface area (Å²) in [6.07, 6.45) is 0. The van der Waals surface area contributed by atoms with E-state index >= 15 is 0 Å². The summed E-state index contributed by atoms with van der Waals surface area (Å²) in [5.74, 6) is -1.96. The minimum Gasteiger partial charge on any atom is -0.504 e. The highest BCUT2D eigenvalue weighted by Crippen LogP contribution is 2.46. The highest BCUT2D eigenvalue weighted by atomic mass is 32.2. The summed E-state index contributed by atoms with van der Waals surface area (Å²) < 4.78 is 26.3. The fraction of sp³-hybridized carbons (Fsp3) is 0. The molecule has 0 saturated carbocycles. The number of sulfonamides is 1. The van der Waals surface area contributed by atoms with E-state index in [9.17, 15) is 28.8 Å². The molecule has 0 unspecified atom stereocenters. The molecule has 8 heteroatoms. The van der Waals surface area contributed by atoms with Gasteiger partial charge >= 0.3 is 0 Å². The molecule has 1 aliphatic heterocycles. The first-order chi connectivity index (χ1) is 9.29. The molecule has 0 bridgehead atoms. The molecule has 0 spiro atoms. The van der Waals surface area contributed by atoms with Crippen LogP contribution in [0.5, 0.6) is 23.0 Å². The Morgan fingerprint density at radius 2 is 1.25 bits per heavy atom. The van der Waals surface area contributed by atoms with Crippen molar-refractivity contribution in [3.05, 3.63) is 24.3 Å². The molecule has 1 heterocycles. The van der Waals surface area contributed by atoms with E-state index in [2.05, 4.69) is 4.72 Å². The van der Waals surface area contributed by atoms with Crippen LogP contribution in [-0.2, 0) is 10.0 Å². The molecular formula is C12H9NO6S. The standard InChI is InChI=1S/C12H9NO6S/c14-8-1-5-6-2-9(15)11(17)4-12(6)20(18,19)13-7(5)3-10(8)16/h1-4,13-17H. The van der Waals surface area contributed by atoms with Gasteiger partial charge in [-0.2, -0.15) is 0 Å². The third-order valence-electron chi connectivity index (χ3n) is 3.02. The fourth-order valence-electron chi connectivity index (χ4n) is 2.07. The largest absolute Gasteiger partial charge is 0.504 e. The summed E-state index contributed by atoms with van der Waals surface area (Å²) in [5, 5.41) is 37.9. The number of phenolic OH excluding ortho intramolecular Hbond substituents is 4. The van der Waals surface area contributed by atoms with Crippen molar-refractivity contribution < 1.29 is 28.8 Å². The van der Waals surface area contributed by atoms with Crippen molar-refractivity contribution in [3.63, 3.8) is 0 Å². The van der Waals surface area contributed by atoms with E-state index in [4.69, 9.17) is 0 Å². The molecule has 0 radical (unpaired) electrons. The molecule has 104 valence electrons. The number of nitrogens with one attached hydrogen (secondary N) is 1. The van der Waals surface area contributed by atoms with Gasteiger partial charge in [0.05, 0.1) is 10.6 Å². The minimum absolute atomic E-state index is 0.0675. The van der Waals surface area contributed by atoms with Gasteiger partial charge in [-0.15, -0.1) is 0 Å². The van der Waals surface area contributed by atoms with Gasteiger partial charge in [-0.05, 0) is 12.1 Å². The van der Waals surface area contributed by atoms with Crippen molar-refractivity contribution in [1.29, 1.82) is 0 Å². The lowest BCUT2D eigenvalue weighted by molar-refractivity contribution is 0.402. The number of anilines is 1. The monoisotopic (exact) mass is 295 g/mol. The van der Waals surface area contributed by atoms with E-state index < -0.39 is 33.0 Å². The number of phenols is 4. The van der Waals surface area contributed by atoms with Crippen LogP contribution in [0.25, 0.3) is 11.1 Å². The maximum absolute atomic E-state index is 12.0. The number of hydrogen-bond acceptors (Lipinski definition) is 6. The minimum atomic E-state index is -3.94. The van der Waals surface area contributed by atoms with E-state index in [0.29, 0.717) is 0 Å². The molecule has 0 saturated heterocycles. The van der Waals surface area contributed by atoms with Gasteiger partial charge in [-0.1, -0.05) is 0 Å². The topological polar surface area (TPSA) is 127 Å². The number of benzene rings is 2. The third-order valence-corrected chi connectivity index (χ3v) is 4.42. The number of fused-ring (bicyclic) bond motifs is 3. The molecule has 5 N–H and O–H groups in total. The Kier molecular flexibility index (Phi) is 2.30. The fourth-order valence-corrected chi connectivity index (χ4v) is 3.37. The van der Waals surface area contributed by atoms with Crippen LogP contribution in [0.3, 0.4) is 0 Å². The lowest BCUT2D eigenvalue weighted by Crippen LogP contribution is -2.18. The van der Waals surface area contributed by atoms with Gasteiger partial charge in [0, 0.05) is 23.3 Å². The van der Waals surface area contributed by atoms with Gasteiger partial charge in [0.2, 0.25) is 0 Å². The average Bonchev–Trinajstić information content (AvgIpc) is 2.34. The molecule has 0 aliphatic carbocycles. The summed E-state index contributed by atoms with van der Waals surface area (Å²) in [4.78, 5) is -0.231. The Morgan fingerprint density at radius 1 is 0.750 bits per heavy atom. The molecule has 0 atom stereocenters. The van der Waals surface area contributed by atoms with Crippen molar-refractivity contribution in [2.24, 2.45) is 0 Å². The van der Waals surface area contributed by atoms with Crippen LogP contribution in [0.4, 0.5) is 5.69 Å². The highest BCUT2D eigenvalue weighted by molar-refractivity contribution is 7.93. The first-order valence-corrected chi connectivity index (χ1v) is 6.93. The van der Waals surface area contributed by atoms with Crippen LogP contribution >= 0.6 is 0 Å². The Labute approximate surface area is 113 Å². The molecule has 2 aromatic rings. The van der Waals surface area contributed by atoms with Crippen molar-refractivity contribution in [2.75, 3.05) is 4.72 Å². The Hall–Kier alpha value is -2.61. The molecule has 0 amide bonds. The number of aromatic hydroxyl groups is 4. The van der Waals surface area contributed by atoms with E-state index in [0.717, 1.165) is 18.2 Å². The Morgan fingerprint density at radius 3 is 1.90 bits per heavy atom. The zero-order valence-corrected chi connectivity index (χ0v) is 10.6. The van der Waals surface area contributed by atoms with Gasteiger partial charge in [-0.3, -0.25) is 4.72 Å². The van der Waals surface area contributed by atoms with Crippen molar-refractivity contribution >= 4 is 15.7 Å². The van der Waals surface area contributed by atoms with Crippen LogP contribution in [0, 0.1) is 0 Å². The first-order valence-electron chi connectivity index (χ1n) is 5.45. The van der Waals surface area contributed by atoms with Crippen LogP contribution in [0.15, 0.2) is 29.2 Å². The first kappa shape index (κ1) is 12.4. The lowest BCUT2D eigenvalue weighted by Gasteiger charge is -2.22. The SMILES string of the molecule is O=S1(=O)Nc2cc(O)c(O)cc2-c2cc(O)c(O)cc21. The zero-order chi connectivity index (χ0) is 14.7. The maximum Gasteiger partial charge on any atom is 0.262 e. The van der Waals surface area contributed by atoms with Crippen LogP contribution in [-0.4, -0.2) is 28.8 Å². The maximum atomic E-state index is 12.0. The molecule has 7 nitrogen and oxygen atoms in total. The summed E-state index contributed by atoms with van der Waals surface area (Å²) >= 11 is 0. The lowest BCUT2D eigenvalue weighted by atomic mass is 10.0. The van der Waals surface area contributed by atoms with Crippen molar-refractivity contribution in [1.82, 2.24) is 0 Å². The number of hydrogen-bond donors (Lipinski definition) is 5. The predicted octanol–water partition coefficient (Wildman–Crippen LogP) is 1.29. The Bertz CT molecular complexity index is 844. The molecular weight excluding hydrogens is 286 g/mol. The van der Waals surface area contributed by atoms with E-state index in [1.165, 1.54) is 6.07 Å². The van der Waals surface area contributed by atoms with Gasteiger partial charge in [0.1, 0.15) is 0 Å². The van der Waals surface area contributed by atoms with Crippen molar-refractivity contribution in [3.8, 4) is 34.1 Å². The van der Waals surface area contributed by atoms with E-state index in [1.54, 1.807) is 0 Å². The van der Waals surface area contributed by atoms with Crippen LogP contribution in [0.1, 0.15) is 0 Å². The van der Waals surface area contributed by atoms with Gasteiger partial charge < -0.3 is 20.4 Å². The molecule has 0 fully saturated rings. The zero-order valence-electron chi connectivity index (χ0n) is 9.82. The summed E-state index contributed by atoms with van der Waals surface area (Å²) in [5.41, 5.74) is 0.461. The molecule has 3 rings (SSSR count). The van der Waals surface area contributed by atoms with Gasteiger partial charge in [0.15, 0.2) is 23.0 Å². The van der Waals surface area contributed by atoms with E-state index in [-0.39, 0.29) is 21.7 Å². The summed E-state index contributed by atoms with van der Waals surface area (Å²) in [6, 6.07) is 4.23. The smallest absolute Gasteiger partial charge is 0.262 e. The van der Waals surface area contributed by atoms with Gasteiger partial charge in [0.25, 0.3) is 10.0 Å². The second-order valence-corrected chi connectivity index (χ2v) is 5.98. The second kappa shape index (κ2) is 3.70. The Balaban J connectivity index is 2.42. The highest BCUT2D eigenvalue weighted by Gasteiger charge is 2.30. The summed E-state index contributed by atoms with van der Waals surface area (Å²) in [7, 11) is -3.94. The van der Waals surface area contributed by atoms with Crippen molar-refractivity contribution in [2.45, 2.75) is 4.90 Å². The summed E-state index contributed by atoms with van der Waals surface area (Å²) in [6.45, 7) is 0. The third kappa shape index (κ3) is 1.62. The van der Waals surface area contributed by atoms with E-state index in [1.807, 2.05) is 0 Å². The van der Waals surface area contributed by atoms with Gasteiger partial charge in [-0.25, -0.2) is 8.42 Å². The molecule has 0 aromatic heterocycles. The normalized spacial score (nSPS) is 15.0. The molecule has 1 aliphatic rings.